The van der Waals surface area contributed by atoms with Crippen LogP contribution in [-0.4, -0.2) is 27.6 Å². The monoisotopic (exact) mass is 223 g/mol. The largest absolute Gasteiger partial charge is 0.480 e. The Labute approximate surface area is 94.9 Å². The minimum atomic E-state index is -0.900. The molecule has 0 amide bonds. The fourth-order valence-electron chi connectivity index (χ4n) is 1.57. The van der Waals surface area contributed by atoms with Crippen molar-refractivity contribution in [1.82, 2.24) is 9.97 Å². The molecule has 1 heterocycles. The van der Waals surface area contributed by atoms with Crippen LogP contribution in [0.15, 0.2) is 12.4 Å². The highest BCUT2D eigenvalue weighted by Crippen LogP contribution is 2.21. The minimum absolute atomic E-state index is 0.126. The first-order valence-electron chi connectivity index (χ1n) is 5.45. The topological polar surface area (TPSA) is 75.1 Å². The Kier molecular flexibility index (Phi) is 4.69. The molecule has 1 aromatic rings. The van der Waals surface area contributed by atoms with Crippen LogP contribution in [0.4, 0.5) is 5.82 Å². The van der Waals surface area contributed by atoms with Gasteiger partial charge in [0.15, 0.2) is 0 Å². The number of aromatic nitrogens is 2. The molecule has 0 aliphatic rings. The van der Waals surface area contributed by atoms with Crippen LogP contribution >= 0.6 is 0 Å². The maximum absolute atomic E-state index is 10.4. The number of hydrogen-bond donors (Lipinski definition) is 2. The van der Waals surface area contributed by atoms with Gasteiger partial charge >= 0.3 is 5.97 Å². The molecule has 0 aliphatic carbocycles. The summed E-state index contributed by atoms with van der Waals surface area (Å²) >= 11 is 0. The van der Waals surface area contributed by atoms with E-state index in [0.717, 1.165) is 18.5 Å². The molecule has 88 valence electrons. The van der Waals surface area contributed by atoms with Crippen LogP contribution in [0.25, 0.3) is 0 Å². The van der Waals surface area contributed by atoms with E-state index in [1.54, 1.807) is 0 Å². The SMILES string of the molecule is CCC(CC)c1cc(NCC(=O)O)ncn1. The molecule has 0 radical (unpaired) electrons. The third kappa shape index (κ3) is 3.49. The number of anilines is 1. The second-order valence-electron chi connectivity index (χ2n) is 3.59. The van der Waals surface area contributed by atoms with Crippen molar-refractivity contribution < 1.29 is 9.90 Å². The third-order valence-corrected chi connectivity index (χ3v) is 2.51. The molecule has 0 atom stereocenters. The molecule has 0 aliphatic heterocycles. The fraction of sp³-hybridized carbons (Fsp3) is 0.545. The molecule has 1 aromatic heterocycles. The number of nitrogens with zero attached hydrogens (tertiary/aromatic N) is 2. The summed E-state index contributed by atoms with van der Waals surface area (Å²) in [7, 11) is 0. The molecule has 0 bridgehead atoms. The number of carboxylic acids is 1. The summed E-state index contributed by atoms with van der Waals surface area (Å²) in [4.78, 5) is 18.6. The van der Waals surface area contributed by atoms with Gasteiger partial charge in [-0.3, -0.25) is 4.79 Å². The highest BCUT2D eigenvalue weighted by Gasteiger charge is 2.09. The van der Waals surface area contributed by atoms with Crippen molar-refractivity contribution in [2.45, 2.75) is 32.6 Å². The molecule has 5 nitrogen and oxygen atoms in total. The lowest BCUT2D eigenvalue weighted by Gasteiger charge is -2.12. The summed E-state index contributed by atoms with van der Waals surface area (Å²) < 4.78 is 0. The van der Waals surface area contributed by atoms with Crippen LogP contribution in [0, 0.1) is 0 Å². The average molecular weight is 223 g/mol. The number of nitrogens with one attached hydrogen (secondary N) is 1. The molecule has 0 aromatic carbocycles. The molecule has 0 saturated carbocycles. The van der Waals surface area contributed by atoms with Crippen molar-refractivity contribution in [3.05, 3.63) is 18.1 Å². The number of carbonyl (C=O) groups is 1. The zero-order valence-electron chi connectivity index (χ0n) is 9.60. The molecule has 0 unspecified atom stereocenters. The Bertz CT molecular complexity index is 351. The van der Waals surface area contributed by atoms with Gasteiger partial charge in [0.25, 0.3) is 0 Å². The summed E-state index contributed by atoms with van der Waals surface area (Å²) in [6.07, 6.45) is 3.51. The molecule has 2 N–H and O–H groups in total. The van der Waals surface area contributed by atoms with Gasteiger partial charge in [0.05, 0.1) is 0 Å². The zero-order chi connectivity index (χ0) is 12.0. The Morgan fingerprint density at radius 1 is 1.44 bits per heavy atom. The van der Waals surface area contributed by atoms with Crippen LogP contribution in [0.5, 0.6) is 0 Å². The van der Waals surface area contributed by atoms with Gasteiger partial charge in [-0.2, -0.15) is 0 Å². The highest BCUT2D eigenvalue weighted by molar-refractivity contribution is 5.72. The van der Waals surface area contributed by atoms with Crippen LogP contribution < -0.4 is 5.32 Å². The molecule has 0 saturated heterocycles. The van der Waals surface area contributed by atoms with Gasteiger partial charge in [0.2, 0.25) is 0 Å². The first kappa shape index (κ1) is 12.4. The number of hydrogen-bond acceptors (Lipinski definition) is 4. The molecular weight excluding hydrogens is 206 g/mol. The molecule has 1 rings (SSSR count). The van der Waals surface area contributed by atoms with Gasteiger partial charge in [-0.15, -0.1) is 0 Å². The van der Waals surface area contributed by atoms with Crippen molar-refractivity contribution in [3.8, 4) is 0 Å². The number of aliphatic carboxylic acids is 1. The van der Waals surface area contributed by atoms with Crippen LogP contribution in [0.1, 0.15) is 38.3 Å². The Morgan fingerprint density at radius 2 is 2.12 bits per heavy atom. The fourth-order valence-corrected chi connectivity index (χ4v) is 1.57. The summed E-state index contributed by atoms with van der Waals surface area (Å²) in [5, 5.41) is 11.3. The Balaban J connectivity index is 2.73. The molecule has 16 heavy (non-hydrogen) atoms. The summed E-state index contributed by atoms with van der Waals surface area (Å²) in [5.74, 6) is 0.0790. The summed E-state index contributed by atoms with van der Waals surface area (Å²) in [5.41, 5.74) is 0.966. The zero-order valence-corrected chi connectivity index (χ0v) is 9.60. The minimum Gasteiger partial charge on any atom is -0.480 e. The van der Waals surface area contributed by atoms with Gasteiger partial charge in [-0.1, -0.05) is 13.8 Å². The van der Waals surface area contributed by atoms with Crippen LogP contribution in [0.2, 0.25) is 0 Å². The van der Waals surface area contributed by atoms with E-state index in [2.05, 4.69) is 29.1 Å². The quantitative estimate of drug-likeness (QED) is 0.770. The summed E-state index contributed by atoms with van der Waals surface area (Å²) in [6.45, 7) is 4.10. The van der Waals surface area contributed by atoms with E-state index in [0.29, 0.717) is 11.7 Å². The third-order valence-electron chi connectivity index (χ3n) is 2.51. The maximum atomic E-state index is 10.4. The van der Waals surface area contributed by atoms with Gasteiger partial charge in [0.1, 0.15) is 18.7 Å². The number of rotatable bonds is 6. The van der Waals surface area contributed by atoms with E-state index in [4.69, 9.17) is 5.11 Å². The molecular formula is C11H17N3O2. The predicted molar refractivity (Wildman–Crippen MR) is 61.5 cm³/mol. The maximum Gasteiger partial charge on any atom is 0.322 e. The van der Waals surface area contributed by atoms with Gasteiger partial charge in [0, 0.05) is 17.7 Å². The predicted octanol–water partition coefficient (Wildman–Crippen LogP) is 1.88. The van der Waals surface area contributed by atoms with E-state index in [-0.39, 0.29) is 6.54 Å². The van der Waals surface area contributed by atoms with E-state index in [1.165, 1.54) is 6.33 Å². The van der Waals surface area contributed by atoms with Crippen molar-refractivity contribution >= 4 is 11.8 Å². The van der Waals surface area contributed by atoms with Crippen molar-refractivity contribution in [1.29, 1.82) is 0 Å². The lowest BCUT2D eigenvalue weighted by Crippen LogP contribution is -2.13. The van der Waals surface area contributed by atoms with E-state index in [1.807, 2.05) is 6.07 Å². The van der Waals surface area contributed by atoms with Crippen molar-refractivity contribution in [3.63, 3.8) is 0 Å². The Morgan fingerprint density at radius 3 is 2.69 bits per heavy atom. The molecule has 5 heteroatoms. The molecule has 0 spiro atoms. The van der Waals surface area contributed by atoms with Gasteiger partial charge in [-0.05, 0) is 12.8 Å². The second-order valence-corrected chi connectivity index (χ2v) is 3.59. The average Bonchev–Trinajstić information content (AvgIpc) is 2.29. The van der Waals surface area contributed by atoms with E-state index >= 15 is 0 Å². The van der Waals surface area contributed by atoms with E-state index in [9.17, 15) is 4.79 Å². The lowest BCUT2D eigenvalue weighted by atomic mass is 9.99. The standard InChI is InChI=1S/C11H17N3O2/c1-3-8(4-2)9-5-10(14-7-13-9)12-6-11(15)16/h5,7-8H,3-4,6H2,1-2H3,(H,15,16)(H,12,13,14). The summed E-state index contributed by atoms with van der Waals surface area (Å²) in [6, 6.07) is 1.82. The molecule has 0 fully saturated rings. The van der Waals surface area contributed by atoms with Gasteiger partial charge < -0.3 is 10.4 Å². The van der Waals surface area contributed by atoms with Gasteiger partial charge in [-0.25, -0.2) is 9.97 Å². The van der Waals surface area contributed by atoms with Crippen molar-refractivity contribution in [2.75, 3.05) is 11.9 Å². The van der Waals surface area contributed by atoms with Crippen molar-refractivity contribution in [2.24, 2.45) is 0 Å². The highest BCUT2D eigenvalue weighted by atomic mass is 16.4. The van der Waals surface area contributed by atoms with E-state index < -0.39 is 5.97 Å². The number of carboxylic acid groups (broad SMARTS) is 1. The first-order chi connectivity index (χ1) is 7.67. The van der Waals surface area contributed by atoms with Crippen LogP contribution in [0.3, 0.4) is 0 Å². The lowest BCUT2D eigenvalue weighted by molar-refractivity contribution is -0.134. The normalized spacial score (nSPS) is 10.4. The Hall–Kier alpha value is -1.65. The van der Waals surface area contributed by atoms with Crippen LogP contribution in [-0.2, 0) is 4.79 Å². The smallest absolute Gasteiger partial charge is 0.322 e. The first-order valence-corrected chi connectivity index (χ1v) is 5.45. The second kappa shape index (κ2) is 6.05.